The van der Waals surface area contributed by atoms with Crippen molar-refractivity contribution in [2.24, 2.45) is 5.73 Å². The van der Waals surface area contributed by atoms with Gasteiger partial charge in [-0.05, 0) is 11.8 Å². The van der Waals surface area contributed by atoms with Crippen LogP contribution in [0, 0.1) is 0 Å². The normalized spacial score (nSPS) is 10.1. The third kappa shape index (κ3) is 12.9. The third-order valence-corrected chi connectivity index (χ3v) is 1.13. The van der Waals surface area contributed by atoms with E-state index < -0.39 is 5.12 Å². The van der Waals surface area contributed by atoms with Crippen molar-refractivity contribution in [1.29, 1.82) is 0 Å². The molecule has 0 rings (SSSR count). The van der Waals surface area contributed by atoms with Crippen molar-refractivity contribution in [3.63, 3.8) is 0 Å². The van der Waals surface area contributed by atoms with E-state index in [-0.39, 0.29) is 55.7 Å². The molecule has 0 fully saturated rings. The maximum absolute atomic E-state index is 8.54. The first-order valence-electron chi connectivity index (χ1n) is 1.85. The summed E-state index contributed by atoms with van der Waals surface area (Å²) in [5.74, 6) is 0. The number of hydrogen-bond donors (Lipinski definition) is 3. The zero-order chi connectivity index (χ0) is 6.78. The predicted molar refractivity (Wildman–Crippen MR) is 44.4 cm³/mol. The molecule has 0 amide bonds. The van der Waals surface area contributed by atoms with Crippen LogP contribution < -0.4 is 5.73 Å². The number of nitrogens with two attached hydrogens (primary N) is 1. The van der Waals surface area contributed by atoms with Crippen molar-refractivity contribution in [2.75, 3.05) is 0 Å². The second kappa shape index (κ2) is 5.45. The number of aliphatic hydroxyl groups is 2. The van der Waals surface area contributed by atoms with E-state index in [1.165, 1.54) is 6.92 Å². The topological polar surface area (TPSA) is 66.5 Å². The fourth-order valence-electron chi connectivity index (χ4n) is 0.191. The van der Waals surface area contributed by atoms with E-state index in [9.17, 15) is 0 Å². The van der Waals surface area contributed by atoms with Crippen molar-refractivity contribution in [3.8, 4) is 0 Å². The summed E-state index contributed by atoms with van der Waals surface area (Å²) in [5.41, 5.74) is 4.95. The molecule has 0 spiro atoms. The van der Waals surface area contributed by atoms with E-state index in [1.807, 2.05) is 0 Å². The van der Waals surface area contributed by atoms with Gasteiger partial charge in [0, 0.05) is 6.92 Å². The Morgan fingerprint density at radius 1 is 1.67 bits per heavy atom. The SMILES string of the molecule is CC(O)(O)SC(N)=S.[KH]. The number of hydrogen-bond acceptors (Lipinski definition) is 4. The Kier molecular flexibility index (Phi) is 8.10. The van der Waals surface area contributed by atoms with Crippen LogP contribution in [0.25, 0.3) is 0 Å². The number of rotatable bonds is 1. The fourth-order valence-corrected chi connectivity index (χ4v) is 1.05. The van der Waals surface area contributed by atoms with Crippen LogP contribution in [-0.4, -0.2) is 71.0 Å². The first-order chi connectivity index (χ1) is 3.42. The van der Waals surface area contributed by atoms with Gasteiger partial charge in [0.15, 0.2) is 0 Å². The van der Waals surface area contributed by atoms with Gasteiger partial charge in [0.1, 0.15) is 4.32 Å². The van der Waals surface area contributed by atoms with E-state index >= 15 is 0 Å². The fraction of sp³-hybridized carbons (Fsp3) is 0.667. The second-order valence-electron chi connectivity index (χ2n) is 1.36. The van der Waals surface area contributed by atoms with Crippen molar-refractivity contribution in [1.82, 2.24) is 0 Å². The molecular formula is C3H8KNO2S2. The van der Waals surface area contributed by atoms with Crippen LogP contribution in [0.3, 0.4) is 0 Å². The number of thiocarbonyl (C=S) groups is 1. The first kappa shape index (κ1) is 13.4. The quantitative estimate of drug-likeness (QED) is 0.282. The molecule has 9 heavy (non-hydrogen) atoms. The van der Waals surface area contributed by atoms with Gasteiger partial charge in [-0.1, -0.05) is 12.2 Å². The molecule has 0 aliphatic rings. The van der Waals surface area contributed by atoms with Crippen LogP contribution >= 0.6 is 24.0 Å². The third-order valence-electron chi connectivity index (χ3n) is 0.294. The minimum atomic E-state index is -1.83. The Labute approximate surface area is 106 Å². The van der Waals surface area contributed by atoms with Gasteiger partial charge in [-0.25, -0.2) is 0 Å². The van der Waals surface area contributed by atoms with Gasteiger partial charge in [0.25, 0.3) is 0 Å². The first-order valence-corrected chi connectivity index (χ1v) is 3.07. The van der Waals surface area contributed by atoms with Gasteiger partial charge in [-0.2, -0.15) is 0 Å². The zero-order valence-electron chi connectivity index (χ0n) is 4.29. The van der Waals surface area contributed by atoms with E-state index in [2.05, 4.69) is 12.2 Å². The molecule has 3 nitrogen and oxygen atoms in total. The summed E-state index contributed by atoms with van der Waals surface area (Å²) in [4.78, 5) is 0. The predicted octanol–water partition coefficient (Wildman–Crippen LogP) is -1.03. The van der Waals surface area contributed by atoms with Gasteiger partial charge < -0.3 is 15.9 Å². The van der Waals surface area contributed by atoms with E-state index in [0.29, 0.717) is 11.8 Å². The van der Waals surface area contributed by atoms with Crippen molar-refractivity contribution >= 4 is 79.7 Å². The van der Waals surface area contributed by atoms with E-state index in [0.717, 1.165) is 0 Å². The molecule has 0 heterocycles. The van der Waals surface area contributed by atoms with E-state index in [1.54, 1.807) is 0 Å². The second-order valence-corrected chi connectivity index (χ2v) is 3.47. The summed E-state index contributed by atoms with van der Waals surface area (Å²) >= 11 is 5.00. The van der Waals surface area contributed by atoms with Crippen molar-refractivity contribution in [2.45, 2.75) is 12.0 Å². The van der Waals surface area contributed by atoms with Crippen LogP contribution in [-0.2, 0) is 0 Å². The van der Waals surface area contributed by atoms with Gasteiger partial charge in [0.2, 0.25) is 5.12 Å². The monoisotopic (exact) mass is 193 g/mol. The Hall–Kier alpha value is 1.80. The Bertz CT molecular complexity index is 102. The van der Waals surface area contributed by atoms with Crippen molar-refractivity contribution < 1.29 is 10.2 Å². The minimum absolute atomic E-state index is 0. The maximum atomic E-state index is 8.54. The van der Waals surface area contributed by atoms with Crippen LogP contribution in [0.15, 0.2) is 0 Å². The summed E-state index contributed by atoms with van der Waals surface area (Å²) in [6.07, 6.45) is 0. The average molecular weight is 193 g/mol. The van der Waals surface area contributed by atoms with Crippen LogP contribution in [0.4, 0.5) is 0 Å². The molecule has 0 bridgehead atoms. The van der Waals surface area contributed by atoms with Gasteiger partial charge in [0.05, 0.1) is 0 Å². The Balaban J connectivity index is 0. The molecule has 0 saturated heterocycles. The molecule has 0 aromatic heterocycles. The number of thioether (sulfide) groups is 1. The molecule has 0 aromatic rings. The molecule has 0 unspecified atom stereocenters. The summed E-state index contributed by atoms with van der Waals surface area (Å²) in [6, 6.07) is 0. The molecule has 0 saturated carbocycles. The molecule has 0 aromatic carbocycles. The van der Waals surface area contributed by atoms with Crippen LogP contribution in [0.1, 0.15) is 6.92 Å². The summed E-state index contributed by atoms with van der Waals surface area (Å²) in [5, 5.41) is 15.3. The van der Waals surface area contributed by atoms with Crippen LogP contribution in [0.5, 0.6) is 0 Å². The zero-order valence-corrected chi connectivity index (χ0v) is 5.92. The molecule has 6 heteroatoms. The van der Waals surface area contributed by atoms with Crippen molar-refractivity contribution in [3.05, 3.63) is 0 Å². The van der Waals surface area contributed by atoms with E-state index in [4.69, 9.17) is 15.9 Å². The molecule has 50 valence electrons. The van der Waals surface area contributed by atoms with Gasteiger partial charge >= 0.3 is 51.4 Å². The molecule has 0 aliphatic carbocycles. The molecule has 0 radical (unpaired) electrons. The Morgan fingerprint density at radius 2 is 2.00 bits per heavy atom. The molecule has 0 aliphatic heterocycles. The summed E-state index contributed by atoms with van der Waals surface area (Å²) < 4.78 is 0.0255. The summed E-state index contributed by atoms with van der Waals surface area (Å²) in [6.45, 7) is 1.19. The molecular weight excluding hydrogens is 185 g/mol. The average Bonchev–Trinajstić information content (AvgIpc) is 1.21. The van der Waals surface area contributed by atoms with Gasteiger partial charge in [-0.15, -0.1) is 0 Å². The van der Waals surface area contributed by atoms with Crippen LogP contribution in [0.2, 0.25) is 0 Å². The Morgan fingerprint density at radius 3 is 2.00 bits per heavy atom. The summed E-state index contributed by atoms with van der Waals surface area (Å²) in [7, 11) is 0. The molecule has 4 N–H and O–H groups in total. The molecule has 0 atom stereocenters. The standard InChI is InChI=1S/C3H7NO2S2.K.H/c1-3(5,6)8-2(4)7;;/h5-6H,1H3,(H2,4,7);;. The van der Waals surface area contributed by atoms with Gasteiger partial charge in [-0.3, -0.25) is 0 Å².